The average molecular weight is 1490 g/mol. The summed E-state index contributed by atoms with van der Waals surface area (Å²) in [5.74, 6) is -13.0. The molecule has 14 amide bonds. The lowest BCUT2D eigenvalue weighted by atomic mass is 10.0. The summed E-state index contributed by atoms with van der Waals surface area (Å²) in [6.07, 6.45) is 0.0356. The molecular formula is C67H111N23O16. The van der Waals surface area contributed by atoms with E-state index < -0.39 is 182 Å². The summed E-state index contributed by atoms with van der Waals surface area (Å²) < 4.78 is 0. The number of carbonyl (C=O) groups excluding carboxylic acids is 14. The highest BCUT2D eigenvalue weighted by molar-refractivity contribution is 5.99. The summed E-state index contributed by atoms with van der Waals surface area (Å²) >= 11 is 0. The van der Waals surface area contributed by atoms with Gasteiger partial charge >= 0.3 is 0 Å². The Bertz CT molecular complexity index is 3250. The van der Waals surface area contributed by atoms with Crippen molar-refractivity contribution in [3.05, 3.63) is 71.8 Å². The molecule has 0 aliphatic carbocycles. The van der Waals surface area contributed by atoms with Crippen molar-refractivity contribution in [1.82, 2.24) is 69.1 Å². The van der Waals surface area contributed by atoms with Crippen molar-refractivity contribution < 1.29 is 77.3 Å². The Balaban J connectivity index is 2.23. The van der Waals surface area contributed by atoms with Gasteiger partial charge in [0.15, 0.2) is 11.9 Å². The van der Waals surface area contributed by atoms with Gasteiger partial charge in [0.05, 0.1) is 38.4 Å². The zero-order valence-electron chi connectivity index (χ0n) is 60.8. The third-order valence-corrected chi connectivity index (χ3v) is 15.9. The second-order valence-electron chi connectivity index (χ2n) is 25.6. The van der Waals surface area contributed by atoms with E-state index in [0.29, 0.717) is 24.8 Å². The Hall–Kier alpha value is -10.6. The topological polar surface area (TPSA) is 669 Å². The molecule has 0 radical (unpaired) electrons. The first kappa shape index (κ1) is 91.4. The lowest BCUT2D eigenvalue weighted by Gasteiger charge is -2.27. The molecule has 12 unspecified atom stereocenters. The number of amides is 14. The van der Waals surface area contributed by atoms with Gasteiger partial charge in [0.25, 0.3) is 0 Å². The maximum atomic E-state index is 14.2. The number of nitrogens with two attached hydrogens (primary N) is 8. The van der Waals surface area contributed by atoms with Gasteiger partial charge in [-0.15, -0.1) is 0 Å². The molecule has 0 fully saturated rings. The fraction of sp³-hybridized carbons (Fsp3) is 0.582. The van der Waals surface area contributed by atoms with Gasteiger partial charge in [0, 0.05) is 19.5 Å². The summed E-state index contributed by atoms with van der Waals surface area (Å²) in [7, 11) is 0. The van der Waals surface area contributed by atoms with E-state index in [-0.39, 0.29) is 108 Å². The van der Waals surface area contributed by atoms with Gasteiger partial charge in [0.2, 0.25) is 82.7 Å². The van der Waals surface area contributed by atoms with E-state index in [9.17, 15) is 77.3 Å². The van der Waals surface area contributed by atoms with Crippen LogP contribution in [0, 0.1) is 5.92 Å². The minimum absolute atomic E-state index is 0.0230. The van der Waals surface area contributed by atoms with Crippen molar-refractivity contribution in [3.63, 3.8) is 0 Å². The van der Waals surface area contributed by atoms with E-state index in [2.05, 4.69) is 79.1 Å². The van der Waals surface area contributed by atoms with Crippen molar-refractivity contribution in [2.75, 3.05) is 52.4 Å². The number of primary amides is 1. The van der Waals surface area contributed by atoms with Crippen molar-refractivity contribution in [2.45, 2.75) is 191 Å². The molecule has 0 spiro atoms. The number of unbranched alkanes of at least 4 members (excludes halogenated alkanes) is 2. The number of carbonyl (C=O) groups is 14. The smallest absolute Gasteiger partial charge is 0.245 e. The minimum atomic E-state index is -1.76. The average Bonchev–Trinajstić information content (AvgIpc) is 0.867. The van der Waals surface area contributed by atoms with Crippen LogP contribution in [0.3, 0.4) is 0 Å². The fourth-order valence-corrected chi connectivity index (χ4v) is 10.1. The Labute approximate surface area is 615 Å². The predicted molar refractivity (Wildman–Crippen MR) is 391 cm³/mol. The first-order chi connectivity index (χ1) is 50.2. The molecule has 106 heavy (non-hydrogen) atoms. The lowest BCUT2D eigenvalue weighted by Crippen LogP contribution is -2.60. The molecule has 39 nitrogen and oxygen atoms in total. The van der Waals surface area contributed by atoms with Gasteiger partial charge in [-0.3, -0.25) is 77.1 Å². The molecule has 0 heterocycles. The third-order valence-electron chi connectivity index (χ3n) is 15.9. The zero-order valence-corrected chi connectivity index (χ0v) is 60.8. The van der Waals surface area contributed by atoms with Gasteiger partial charge in [-0.1, -0.05) is 74.5 Å². The van der Waals surface area contributed by atoms with Crippen LogP contribution in [0.4, 0.5) is 0 Å². The number of aliphatic imine (C=N–C) groups is 2. The number of nitrogens with zero attached hydrogens (tertiary/aromatic N) is 2. The number of aliphatic hydroxyl groups is 2. The number of aliphatic hydroxyl groups excluding tert-OH is 2. The van der Waals surface area contributed by atoms with Crippen LogP contribution in [0.2, 0.25) is 0 Å². The highest BCUT2D eigenvalue weighted by Crippen LogP contribution is 2.12. The van der Waals surface area contributed by atoms with Crippen LogP contribution in [0.15, 0.2) is 70.6 Å². The summed E-state index contributed by atoms with van der Waals surface area (Å²) in [5.41, 5.74) is 46.3. The van der Waals surface area contributed by atoms with Crippen LogP contribution in [-0.4, -0.2) is 230 Å². The number of guanidine groups is 2. The molecule has 12 atom stereocenters. The van der Waals surface area contributed by atoms with Crippen molar-refractivity contribution in [1.29, 1.82) is 0 Å². The second-order valence-corrected chi connectivity index (χ2v) is 25.6. The van der Waals surface area contributed by atoms with Gasteiger partial charge in [0.1, 0.15) is 60.4 Å². The lowest BCUT2D eigenvalue weighted by molar-refractivity contribution is -0.136. The third kappa shape index (κ3) is 37.2. The number of hydrogen-bond donors (Lipinski definition) is 23. The molecule has 2 aromatic rings. The normalized spacial score (nSPS) is 14.3. The van der Waals surface area contributed by atoms with E-state index >= 15 is 0 Å². The molecule has 0 saturated heterocycles. The molecule has 0 bridgehead atoms. The van der Waals surface area contributed by atoms with Gasteiger partial charge in [-0.2, -0.15) is 0 Å². The number of benzene rings is 2. The van der Waals surface area contributed by atoms with Crippen LogP contribution < -0.4 is 115 Å². The first-order valence-electron chi connectivity index (χ1n) is 35.0. The summed E-state index contributed by atoms with van der Waals surface area (Å²) in [6, 6.07) is 1.99. The first-order valence-corrected chi connectivity index (χ1v) is 35.0. The largest absolute Gasteiger partial charge is 0.394 e. The second kappa shape index (κ2) is 49.9. The van der Waals surface area contributed by atoms with Crippen molar-refractivity contribution >= 4 is 94.6 Å². The van der Waals surface area contributed by atoms with E-state index in [4.69, 9.17) is 45.9 Å². The van der Waals surface area contributed by atoms with Crippen molar-refractivity contribution in [2.24, 2.45) is 61.8 Å². The summed E-state index contributed by atoms with van der Waals surface area (Å²) in [6.45, 7) is 4.68. The molecule has 31 N–H and O–H groups in total. The highest BCUT2D eigenvalue weighted by atomic mass is 16.3. The van der Waals surface area contributed by atoms with Crippen molar-refractivity contribution in [3.8, 4) is 0 Å². The van der Waals surface area contributed by atoms with Crippen LogP contribution in [-0.2, 0) is 80.0 Å². The standard InChI is InChI=1S/C67H111N23O16/c1-37(2)30-48(55(71)96)88-61(102)44(22-12-14-26-68)86-60(101)47(25-17-29-77-67(74)75)85-57(98)39(4)82-64(105)50(36-91)89-62(103)45(23-13-15-27-69)87-59(100)46(24-16-28-76-66(72)73)84-56(97)38(3)81-52(94)35-80-65(106)54(40(5)92)90-63(104)49(32-42-20-10-7-11-21-42)83-53(95)34-78-51(93)33-79-58(99)43(70)31-41-18-8-6-9-19-41/h6-11,18-21,37-40,43-50,54,91-92H,12-17,22-36,68-70H2,1-5H3,(H2,71,96)(H,78,93)(H,79,99)(H,80,106)(H,81,94)(H,82,105)(H,83,95)(H,84,97)(H,85,98)(H,86,101)(H,87,100)(H,88,102)(H,89,103)(H,90,104)(H4,72,73,76)(H4,74,75,77). The minimum Gasteiger partial charge on any atom is -0.394 e. The van der Waals surface area contributed by atoms with Crippen LogP contribution >= 0.6 is 0 Å². The molecule has 39 heteroatoms. The molecule has 0 aliphatic heterocycles. The Morgan fingerprint density at radius 3 is 1.21 bits per heavy atom. The van der Waals surface area contributed by atoms with Gasteiger partial charge < -0.3 is 125 Å². The molecule has 2 aromatic carbocycles. The number of nitrogens with one attached hydrogen (secondary N) is 13. The molecule has 0 aliphatic rings. The number of rotatable bonds is 51. The Morgan fingerprint density at radius 2 is 0.774 bits per heavy atom. The Morgan fingerprint density at radius 1 is 0.396 bits per heavy atom. The van der Waals surface area contributed by atoms with Gasteiger partial charge in [-0.05, 0) is 128 Å². The molecule has 0 aromatic heterocycles. The molecular weight excluding hydrogens is 1380 g/mol. The monoisotopic (exact) mass is 1490 g/mol. The van der Waals surface area contributed by atoms with Crippen LogP contribution in [0.5, 0.6) is 0 Å². The van der Waals surface area contributed by atoms with Crippen LogP contribution in [0.1, 0.15) is 116 Å². The van der Waals surface area contributed by atoms with E-state index in [1.54, 1.807) is 60.7 Å². The summed E-state index contributed by atoms with van der Waals surface area (Å²) in [4.78, 5) is 196. The molecule has 2 rings (SSSR count). The predicted octanol–water partition coefficient (Wildman–Crippen LogP) is -8.69. The zero-order chi connectivity index (χ0) is 79.4. The van der Waals surface area contributed by atoms with E-state index in [0.717, 1.165) is 5.56 Å². The fourth-order valence-electron chi connectivity index (χ4n) is 10.1. The highest BCUT2D eigenvalue weighted by Gasteiger charge is 2.35. The van der Waals surface area contributed by atoms with E-state index in [1.807, 2.05) is 13.8 Å². The molecule has 0 saturated carbocycles. The number of hydrogen-bond acceptors (Lipinski definition) is 21. The quantitative estimate of drug-likeness (QED) is 0.0166. The SMILES string of the molecule is CC(C)CC(NC(=O)C(CCCCN)NC(=O)C(CCCN=C(N)N)NC(=O)C(C)NC(=O)C(CO)NC(=O)C(CCCCN)NC(=O)C(CCCN=C(N)N)NC(=O)C(C)NC(=O)CNC(=O)C(NC(=O)C(Cc1ccccc1)NC(=O)CNC(=O)CNC(=O)C(N)Cc1ccccc1)C(C)O)C(N)=O. The summed E-state index contributed by atoms with van der Waals surface area (Å²) in [5, 5.41) is 53.0. The maximum absolute atomic E-state index is 14.2. The Kier molecular flexibility index (Phi) is 43.1. The maximum Gasteiger partial charge on any atom is 0.245 e. The van der Waals surface area contributed by atoms with Crippen LogP contribution in [0.25, 0.3) is 0 Å². The molecule has 590 valence electrons. The van der Waals surface area contributed by atoms with E-state index in [1.165, 1.54) is 20.8 Å². The van der Waals surface area contributed by atoms with Gasteiger partial charge in [-0.25, -0.2) is 0 Å².